The maximum atomic E-state index is 13.6. The van der Waals surface area contributed by atoms with Gasteiger partial charge in [-0.25, -0.2) is 14.4 Å². The van der Waals surface area contributed by atoms with Crippen LogP contribution in [0.3, 0.4) is 0 Å². The Morgan fingerprint density at radius 3 is 2.26 bits per heavy atom. The number of benzene rings is 2. The van der Waals surface area contributed by atoms with Crippen LogP contribution in [0, 0.1) is 0 Å². The molecular formula is C28H32N2O5. The van der Waals surface area contributed by atoms with Crippen molar-refractivity contribution < 1.29 is 19.8 Å². The molecule has 2 N–H and O–H groups in total. The standard InChI is InChI=1S/C28H32N2O5/c1-2-3-13-24-25(27(33)34)30(21-9-5-4-6-10-21)28(35)29(24)18-19-14-16-20(17-15-19)22-11-7-8-12-23(22)26(31)32/h7-8,11-12,14-17,21H,2-6,9-10,13,18H2,1H3,(H,31,32)(H,33,34). The number of carboxylic acid groups (broad SMARTS) is 2. The van der Waals surface area contributed by atoms with Gasteiger partial charge in [0.2, 0.25) is 0 Å². The molecule has 0 bridgehead atoms. The van der Waals surface area contributed by atoms with E-state index in [4.69, 9.17) is 0 Å². The molecule has 0 radical (unpaired) electrons. The third-order valence-corrected chi connectivity index (χ3v) is 6.95. The highest BCUT2D eigenvalue weighted by atomic mass is 16.4. The van der Waals surface area contributed by atoms with E-state index in [-0.39, 0.29) is 29.5 Å². The predicted octanol–water partition coefficient (Wildman–Crippen LogP) is 5.61. The minimum atomic E-state index is -1.04. The van der Waals surface area contributed by atoms with Gasteiger partial charge in [-0.2, -0.15) is 0 Å². The maximum absolute atomic E-state index is 13.6. The lowest BCUT2D eigenvalue weighted by molar-refractivity contribution is 0.0673. The first-order chi connectivity index (χ1) is 16.9. The van der Waals surface area contributed by atoms with Crippen molar-refractivity contribution in [3.8, 4) is 11.1 Å². The Morgan fingerprint density at radius 2 is 1.63 bits per heavy atom. The average molecular weight is 477 g/mol. The molecule has 4 rings (SSSR count). The van der Waals surface area contributed by atoms with Crippen molar-refractivity contribution in [2.45, 2.75) is 70.9 Å². The molecule has 7 heteroatoms. The normalized spacial score (nSPS) is 14.2. The molecule has 0 aliphatic heterocycles. The zero-order chi connectivity index (χ0) is 24.9. The summed E-state index contributed by atoms with van der Waals surface area (Å²) in [6.45, 7) is 2.33. The number of carboxylic acids is 2. The van der Waals surface area contributed by atoms with Crippen molar-refractivity contribution in [3.05, 3.63) is 81.5 Å². The third kappa shape index (κ3) is 5.09. The van der Waals surface area contributed by atoms with Gasteiger partial charge in [0.05, 0.1) is 17.8 Å². The third-order valence-electron chi connectivity index (χ3n) is 6.95. The summed E-state index contributed by atoms with van der Waals surface area (Å²) >= 11 is 0. The van der Waals surface area contributed by atoms with E-state index in [0.29, 0.717) is 17.7 Å². The zero-order valence-electron chi connectivity index (χ0n) is 20.1. The summed E-state index contributed by atoms with van der Waals surface area (Å²) in [5.41, 5.74) is 2.98. The molecule has 0 atom stereocenters. The van der Waals surface area contributed by atoms with Gasteiger partial charge < -0.3 is 10.2 Å². The highest BCUT2D eigenvalue weighted by Gasteiger charge is 2.29. The number of rotatable bonds is 9. The van der Waals surface area contributed by atoms with Crippen molar-refractivity contribution in [1.29, 1.82) is 0 Å². The Balaban J connectivity index is 1.72. The first kappa shape index (κ1) is 24.5. The molecule has 0 amide bonds. The monoisotopic (exact) mass is 476 g/mol. The lowest BCUT2D eigenvalue weighted by atomic mass is 9.95. The molecule has 1 saturated carbocycles. The summed E-state index contributed by atoms with van der Waals surface area (Å²) in [6.07, 6.45) is 7.03. The maximum Gasteiger partial charge on any atom is 0.354 e. The second-order valence-electron chi connectivity index (χ2n) is 9.28. The SMILES string of the molecule is CCCCc1c(C(=O)O)n(C2CCCCC2)c(=O)n1Cc1ccc(-c2ccccc2C(=O)O)cc1. The minimum absolute atomic E-state index is 0.0705. The molecule has 1 fully saturated rings. The van der Waals surface area contributed by atoms with Gasteiger partial charge in [0, 0.05) is 6.04 Å². The van der Waals surface area contributed by atoms with Gasteiger partial charge >= 0.3 is 17.6 Å². The highest BCUT2D eigenvalue weighted by molar-refractivity contribution is 5.96. The van der Waals surface area contributed by atoms with Crippen LogP contribution in [0.4, 0.5) is 0 Å². The van der Waals surface area contributed by atoms with Crippen LogP contribution >= 0.6 is 0 Å². The van der Waals surface area contributed by atoms with Crippen molar-refractivity contribution in [2.24, 2.45) is 0 Å². The number of hydrogen-bond donors (Lipinski definition) is 2. The fourth-order valence-electron chi connectivity index (χ4n) is 5.17. The van der Waals surface area contributed by atoms with E-state index in [2.05, 4.69) is 6.92 Å². The molecule has 35 heavy (non-hydrogen) atoms. The fraction of sp³-hybridized carbons (Fsp3) is 0.393. The minimum Gasteiger partial charge on any atom is -0.478 e. The predicted molar refractivity (Wildman–Crippen MR) is 134 cm³/mol. The molecule has 1 aliphatic carbocycles. The largest absolute Gasteiger partial charge is 0.478 e. The molecule has 1 heterocycles. The first-order valence-corrected chi connectivity index (χ1v) is 12.4. The van der Waals surface area contributed by atoms with Crippen LogP contribution in [0.25, 0.3) is 11.1 Å². The van der Waals surface area contributed by atoms with Crippen LogP contribution in [0.2, 0.25) is 0 Å². The molecule has 184 valence electrons. The average Bonchev–Trinajstić information content (AvgIpc) is 3.15. The van der Waals surface area contributed by atoms with E-state index in [1.54, 1.807) is 33.4 Å². The summed E-state index contributed by atoms with van der Waals surface area (Å²) in [5, 5.41) is 19.6. The van der Waals surface area contributed by atoms with Gasteiger partial charge in [-0.15, -0.1) is 0 Å². The van der Waals surface area contributed by atoms with Gasteiger partial charge in [-0.1, -0.05) is 75.1 Å². The summed E-state index contributed by atoms with van der Waals surface area (Å²) < 4.78 is 3.18. The van der Waals surface area contributed by atoms with Crippen LogP contribution in [-0.4, -0.2) is 31.3 Å². The van der Waals surface area contributed by atoms with Crippen molar-refractivity contribution in [2.75, 3.05) is 0 Å². The van der Waals surface area contributed by atoms with E-state index in [9.17, 15) is 24.6 Å². The van der Waals surface area contributed by atoms with Crippen molar-refractivity contribution >= 4 is 11.9 Å². The Labute approximate surface area is 204 Å². The lowest BCUT2D eigenvalue weighted by Gasteiger charge is -2.23. The highest BCUT2D eigenvalue weighted by Crippen LogP contribution is 2.30. The first-order valence-electron chi connectivity index (χ1n) is 12.4. The number of carbonyl (C=O) groups is 2. The second kappa shape index (κ2) is 10.8. The van der Waals surface area contributed by atoms with E-state index in [0.717, 1.165) is 56.1 Å². The molecule has 7 nitrogen and oxygen atoms in total. The fourth-order valence-corrected chi connectivity index (χ4v) is 5.17. The molecule has 1 aromatic heterocycles. The Bertz CT molecular complexity index is 1260. The van der Waals surface area contributed by atoms with Crippen LogP contribution in [-0.2, 0) is 13.0 Å². The summed E-state index contributed by atoms with van der Waals surface area (Å²) in [7, 11) is 0. The summed E-state index contributed by atoms with van der Waals surface area (Å²) in [6, 6.07) is 14.2. The molecule has 0 spiro atoms. The van der Waals surface area contributed by atoms with Crippen LogP contribution in [0.15, 0.2) is 53.3 Å². The Kier molecular flexibility index (Phi) is 7.54. The number of aromatic nitrogens is 2. The second-order valence-corrected chi connectivity index (χ2v) is 9.28. The lowest BCUT2D eigenvalue weighted by Crippen LogP contribution is -2.30. The molecule has 2 aromatic carbocycles. The number of nitrogens with zero attached hydrogens (tertiary/aromatic N) is 2. The molecule has 1 aliphatic rings. The van der Waals surface area contributed by atoms with E-state index in [1.807, 2.05) is 24.3 Å². The van der Waals surface area contributed by atoms with Gasteiger partial charge in [0.15, 0.2) is 5.69 Å². The van der Waals surface area contributed by atoms with Crippen LogP contribution in [0.5, 0.6) is 0 Å². The van der Waals surface area contributed by atoms with Gasteiger partial charge in [0.1, 0.15) is 0 Å². The number of unbranched alkanes of at least 4 members (excludes halogenated alkanes) is 1. The van der Waals surface area contributed by atoms with E-state index in [1.165, 1.54) is 0 Å². The topological polar surface area (TPSA) is 102 Å². The van der Waals surface area contributed by atoms with Crippen molar-refractivity contribution in [1.82, 2.24) is 9.13 Å². The summed E-state index contributed by atoms with van der Waals surface area (Å²) in [5.74, 6) is -2.03. The smallest absolute Gasteiger partial charge is 0.354 e. The number of imidazole rings is 1. The van der Waals surface area contributed by atoms with E-state index >= 15 is 0 Å². The molecule has 3 aromatic rings. The van der Waals surface area contributed by atoms with Crippen LogP contribution in [0.1, 0.15) is 90.0 Å². The molecule has 0 unspecified atom stereocenters. The Morgan fingerprint density at radius 1 is 0.943 bits per heavy atom. The molecule has 0 saturated heterocycles. The van der Waals surface area contributed by atoms with Gasteiger partial charge in [-0.3, -0.25) is 9.13 Å². The quantitative estimate of drug-likeness (QED) is 0.418. The zero-order valence-corrected chi connectivity index (χ0v) is 20.1. The number of aromatic carboxylic acids is 2. The van der Waals surface area contributed by atoms with Crippen LogP contribution < -0.4 is 5.69 Å². The van der Waals surface area contributed by atoms with Gasteiger partial charge in [0.25, 0.3) is 0 Å². The Hall–Kier alpha value is -3.61. The van der Waals surface area contributed by atoms with Gasteiger partial charge in [-0.05, 0) is 48.4 Å². The molecular weight excluding hydrogens is 444 g/mol. The van der Waals surface area contributed by atoms with Crippen molar-refractivity contribution in [3.63, 3.8) is 0 Å². The van der Waals surface area contributed by atoms with E-state index < -0.39 is 11.9 Å². The number of hydrogen-bond acceptors (Lipinski definition) is 3. The summed E-state index contributed by atoms with van der Waals surface area (Å²) in [4.78, 5) is 37.5.